The molecule has 2 unspecified atom stereocenters. The summed E-state index contributed by atoms with van der Waals surface area (Å²) in [6.45, 7) is 1.73. The highest BCUT2D eigenvalue weighted by Crippen LogP contribution is 2.45. The predicted octanol–water partition coefficient (Wildman–Crippen LogP) is 4.62. The van der Waals surface area contributed by atoms with Crippen LogP contribution < -0.4 is 9.47 Å². The van der Waals surface area contributed by atoms with E-state index in [-0.39, 0.29) is 0 Å². The minimum atomic E-state index is -3.89. The fourth-order valence-corrected chi connectivity index (χ4v) is 6.48. The molecular weight excluding hydrogens is 468 g/mol. The molecule has 0 bridgehead atoms. The summed E-state index contributed by atoms with van der Waals surface area (Å²) in [4.78, 5) is 4.30. The standard InChI is InChI=1S/C22H21BrN2O4S/c1-22(30(26,27)25-12-10-15-5-4-11-24-21(15)25)14-17(23)7-8-18(22)16-6-9-19(28-2)20(13-16)29-3/h4-14,18H,1-3H3. The maximum Gasteiger partial charge on any atom is 0.250 e. The van der Waals surface area contributed by atoms with E-state index in [1.165, 1.54) is 3.97 Å². The van der Waals surface area contributed by atoms with Crippen molar-refractivity contribution < 1.29 is 17.9 Å². The van der Waals surface area contributed by atoms with Gasteiger partial charge in [-0.25, -0.2) is 17.4 Å². The maximum absolute atomic E-state index is 14.0. The normalized spacial score (nSPS) is 21.5. The van der Waals surface area contributed by atoms with E-state index in [9.17, 15) is 8.42 Å². The lowest BCUT2D eigenvalue weighted by Gasteiger charge is -2.36. The number of rotatable bonds is 5. The van der Waals surface area contributed by atoms with Crippen molar-refractivity contribution in [3.05, 3.63) is 77.1 Å². The highest BCUT2D eigenvalue weighted by atomic mass is 79.9. The second-order valence-corrected chi connectivity index (χ2v) is 10.3. The lowest BCUT2D eigenvalue weighted by molar-refractivity contribution is 0.354. The van der Waals surface area contributed by atoms with E-state index in [4.69, 9.17) is 9.47 Å². The first kappa shape index (κ1) is 20.7. The number of allylic oxidation sites excluding steroid dienone is 3. The molecule has 4 rings (SSSR count). The van der Waals surface area contributed by atoms with Crippen LogP contribution in [0.3, 0.4) is 0 Å². The molecule has 30 heavy (non-hydrogen) atoms. The van der Waals surface area contributed by atoms with Gasteiger partial charge in [-0.2, -0.15) is 0 Å². The Balaban J connectivity index is 1.90. The molecule has 156 valence electrons. The Morgan fingerprint density at radius 1 is 1.13 bits per heavy atom. The number of hydrogen-bond acceptors (Lipinski definition) is 5. The Kier molecular flexibility index (Phi) is 5.23. The van der Waals surface area contributed by atoms with Crippen LogP contribution in [0.5, 0.6) is 11.5 Å². The predicted molar refractivity (Wildman–Crippen MR) is 121 cm³/mol. The van der Waals surface area contributed by atoms with E-state index in [0.717, 1.165) is 10.9 Å². The number of benzene rings is 1. The molecule has 8 heteroatoms. The van der Waals surface area contributed by atoms with Gasteiger partial charge in [0.15, 0.2) is 17.1 Å². The number of nitrogens with zero attached hydrogens (tertiary/aromatic N) is 2. The Hall–Kier alpha value is -2.58. The summed E-state index contributed by atoms with van der Waals surface area (Å²) in [5.41, 5.74) is 1.21. The zero-order valence-corrected chi connectivity index (χ0v) is 19.1. The molecule has 0 fully saturated rings. The van der Waals surface area contributed by atoms with Crippen molar-refractivity contribution in [2.24, 2.45) is 0 Å². The number of aromatic nitrogens is 2. The van der Waals surface area contributed by atoms with Gasteiger partial charge in [0.1, 0.15) is 4.75 Å². The van der Waals surface area contributed by atoms with Gasteiger partial charge in [-0.15, -0.1) is 0 Å². The highest BCUT2D eigenvalue weighted by Gasteiger charge is 2.47. The first-order valence-electron chi connectivity index (χ1n) is 9.27. The maximum atomic E-state index is 14.0. The van der Waals surface area contributed by atoms with Crippen LogP contribution in [-0.4, -0.2) is 36.3 Å². The van der Waals surface area contributed by atoms with Crippen LogP contribution >= 0.6 is 15.9 Å². The fraction of sp³-hybridized carbons (Fsp3) is 0.227. The van der Waals surface area contributed by atoms with Crippen LogP contribution in [0.1, 0.15) is 18.4 Å². The largest absolute Gasteiger partial charge is 0.493 e. The van der Waals surface area contributed by atoms with Gasteiger partial charge in [0.25, 0.3) is 0 Å². The van der Waals surface area contributed by atoms with Crippen LogP contribution in [0, 0.1) is 0 Å². The number of ether oxygens (including phenoxy) is 2. The molecule has 2 aromatic heterocycles. The van der Waals surface area contributed by atoms with Gasteiger partial charge in [0, 0.05) is 28.2 Å². The topological polar surface area (TPSA) is 70.4 Å². The molecule has 0 N–H and O–H groups in total. The fourth-order valence-electron chi connectivity index (χ4n) is 3.86. The lowest BCUT2D eigenvalue weighted by atomic mass is 9.83. The van der Waals surface area contributed by atoms with Crippen molar-refractivity contribution in [2.45, 2.75) is 17.6 Å². The van der Waals surface area contributed by atoms with E-state index in [2.05, 4.69) is 20.9 Å². The Bertz CT molecular complexity index is 1280. The summed E-state index contributed by atoms with van der Waals surface area (Å²) in [7, 11) is -0.762. The zero-order valence-electron chi connectivity index (χ0n) is 16.7. The van der Waals surface area contributed by atoms with Gasteiger partial charge in [-0.3, -0.25) is 0 Å². The minimum Gasteiger partial charge on any atom is -0.493 e. The zero-order chi connectivity index (χ0) is 21.5. The quantitative estimate of drug-likeness (QED) is 0.523. The highest BCUT2D eigenvalue weighted by molar-refractivity contribution is 9.11. The molecule has 0 aliphatic heterocycles. The van der Waals surface area contributed by atoms with E-state index in [0.29, 0.717) is 21.6 Å². The number of fused-ring (bicyclic) bond motifs is 1. The van der Waals surface area contributed by atoms with Gasteiger partial charge >= 0.3 is 0 Å². The van der Waals surface area contributed by atoms with Crippen molar-refractivity contribution in [3.8, 4) is 11.5 Å². The van der Waals surface area contributed by atoms with Crippen LogP contribution in [-0.2, 0) is 10.0 Å². The molecule has 6 nitrogen and oxygen atoms in total. The van der Waals surface area contributed by atoms with Crippen molar-refractivity contribution in [1.29, 1.82) is 0 Å². The Morgan fingerprint density at radius 2 is 1.90 bits per heavy atom. The molecule has 1 aliphatic rings. The van der Waals surface area contributed by atoms with Gasteiger partial charge in [0.05, 0.1) is 14.2 Å². The van der Waals surface area contributed by atoms with Crippen LogP contribution in [0.2, 0.25) is 0 Å². The summed E-state index contributed by atoms with van der Waals surface area (Å²) < 4.78 is 39.4. The summed E-state index contributed by atoms with van der Waals surface area (Å²) >= 11 is 3.46. The molecule has 0 radical (unpaired) electrons. The summed E-state index contributed by atoms with van der Waals surface area (Å²) in [5, 5.41) is 0.765. The minimum absolute atomic E-state index is 0.406. The number of halogens is 1. The SMILES string of the molecule is COc1ccc(C2C=CC(Br)=CC2(C)S(=O)(=O)n2ccc3cccnc32)cc1OC. The molecule has 0 saturated heterocycles. The Morgan fingerprint density at radius 3 is 2.63 bits per heavy atom. The summed E-state index contributed by atoms with van der Waals surface area (Å²) in [5.74, 6) is 0.678. The number of hydrogen-bond donors (Lipinski definition) is 0. The smallest absolute Gasteiger partial charge is 0.250 e. The van der Waals surface area contributed by atoms with E-state index in [1.54, 1.807) is 57.8 Å². The third-order valence-corrected chi connectivity index (χ3v) is 8.28. The van der Waals surface area contributed by atoms with Gasteiger partial charge in [-0.1, -0.05) is 34.1 Å². The van der Waals surface area contributed by atoms with E-state index >= 15 is 0 Å². The van der Waals surface area contributed by atoms with Crippen molar-refractivity contribution >= 4 is 37.0 Å². The molecule has 2 heterocycles. The monoisotopic (exact) mass is 488 g/mol. The van der Waals surface area contributed by atoms with E-state index in [1.807, 2.05) is 30.4 Å². The second-order valence-electron chi connectivity index (χ2n) is 7.20. The van der Waals surface area contributed by atoms with Crippen molar-refractivity contribution in [1.82, 2.24) is 8.96 Å². The van der Waals surface area contributed by atoms with E-state index < -0.39 is 20.7 Å². The molecule has 3 aromatic rings. The summed E-state index contributed by atoms with van der Waals surface area (Å²) in [6.07, 6.45) is 8.64. The average molecular weight is 489 g/mol. The van der Waals surface area contributed by atoms with Crippen molar-refractivity contribution in [2.75, 3.05) is 14.2 Å². The van der Waals surface area contributed by atoms with Crippen molar-refractivity contribution in [3.63, 3.8) is 0 Å². The number of pyridine rings is 1. The van der Waals surface area contributed by atoms with Crippen LogP contribution in [0.4, 0.5) is 0 Å². The molecule has 2 atom stereocenters. The third-order valence-electron chi connectivity index (χ3n) is 5.49. The third kappa shape index (κ3) is 3.15. The molecule has 0 amide bonds. The van der Waals surface area contributed by atoms with Gasteiger partial charge in [-0.05, 0) is 48.9 Å². The molecular formula is C22H21BrN2O4S. The molecule has 1 aliphatic carbocycles. The first-order chi connectivity index (χ1) is 14.3. The number of methoxy groups -OCH3 is 2. The lowest BCUT2D eigenvalue weighted by Crippen LogP contribution is -2.43. The summed E-state index contributed by atoms with van der Waals surface area (Å²) in [6, 6.07) is 10.9. The van der Waals surface area contributed by atoms with Gasteiger partial charge < -0.3 is 9.47 Å². The second kappa shape index (κ2) is 7.59. The van der Waals surface area contributed by atoms with Crippen LogP contribution in [0.15, 0.2) is 71.5 Å². The molecule has 0 spiro atoms. The van der Waals surface area contributed by atoms with Gasteiger partial charge in [0.2, 0.25) is 10.0 Å². The average Bonchev–Trinajstić information content (AvgIpc) is 3.18. The first-order valence-corrected chi connectivity index (χ1v) is 11.5. The molecule has 0 saturated carbocycles. The Labute approximate surface area is 184 Å². The van der Waals surface area contributed by atoms with Crippen LogP contribution in [0.25, 0.3) is 11.0 Å². The molecule has 1 aromatic carbocycles.